The van der Waals surface area contributed by atoms with E-state index in [1.807, 2.05) is 32.0 Å². The van der Waals surface area contributed by atoms with Gasteiger partial charge in [0.2, 0.25) is 0 Å². The van der Waals surface area contributed by atoms with Gasteiger partial charge in [-0.2, -0.15) is 0 Å². The van der Waals surface area contributed by atoms with Gasteiger partial charge in [0.05, 0.1) is 31.3 Å². The topological polar surface area (TPSA) is 55.8 Å². The largest absolute Gasteiger partial charge is 0.493 e. The first-order chi connectivity index (χ1) is 11.8. The van der Waals surface area contributed by atoms with E-state index in [1.165, 1.54) is 30.7 Å². The summed E-state index contributed by atoms with van der Waals surface area (Å²) in [6.45, 7) is 7.72. The zero-order valence-electron chi connectivity index (χ0n) is 14.9. The number of hydrogen-bond donors (Lipinski definition) is 0. The summed E-state index contributed by atoms with van der Waals surface area (Å²) >= 11 is 0. The predicted octanol–water partition coefficient (Wildman–Crippen LogP) is 3.70. The molecule has 2 aromatic carbocycles. The van der Waals surface area contributed by atoms with Crippen molar-refractivity contribution in [3.63, 3.8) is 0 Å². The normalized spacial score (nSPS) is 11.0. The number of methoxy groups -OCH3 is 2. The minimum absolute atomic E-state index is 0.131. The maximum atomic E-state index is 13.2. The zero-order chi connectivity index (χ0) is 18.6. The SMILES string of the molecule is C=CCN(c1ccc(C)cc1C)S(=O)(=O)c1ccc(OC)c(OC)c1. The first kappa shape index (κ1) is 18.9. The van der Waals surface area contributed by atoms with Crippen molar-refractivity contribution in [2.24, 2.45) is 0 Å². The first-order valence-electron chi connectivity index (χ1n) is 7.78. The molecular formula is C19H23NO4S. The van der Waals surface area contributed by atoms with Gasteiger partial charge in [0, 0.05) is 6.07 Å². The molecule has 0 radical (unpaired) electrons. The van der Waals surface area contributed by atoms with Crippen LogP contribution in [0.2, 0.25) is 0 Å². The lowest BCUT2D eigenvalue weighted by Crippen LogP contribution is -2.31. The van der Waals surface area contributed by atoms with E-state index in [1.54, 1.807) is 12.1 Å². The first-order valence-corrected chi connectivity index (χ1v) is 9.22. The second kappa shape index (κ2) is 7.61. The van der Waals surface area contributed by atoms with E-state index in [0.29, 0.717) is 17.2 Å². The molecule has 0 saturated heterocycles. The van der Waals surface area contributed by atoms with Crippen molar-refractivity contribution in [2.45, 2.75) is 18.7 Å². The zero-order valence-corrected chi connectivity index (χ0v) is 15.8. The molecule has 0 bridgehead atoms. The Morgan fingerprint density at radius 2 is 1.72 bits per heavy atom. The van der Waals surface area contributed by atoms with E-state index in [9.17, 15) is 8.42 Å². The van der Waals surface area contributed by atoms with Crippen LogP contribution < -0.4 is 13.8 Å². The summed E-state index contributed by atoms with van der Waals surface area (Å²) in [5.41, 5.74) is 2.58. The van der Waals surface area contributed by atoms with Crippen molar-refractivity contribution >= 4 is 15.7 Å². The number of aryl methyl sites for hydroxylation is 2. The molecule has 25 heavy (non-hydrogen) atoms. The van der Waals surface area contributed by atoms with Crippen LogP contribution in [0, 0.1) is 13.8 Å². The van der Waals surface area contributed by atoms with Crippen LogP contribution in [-0.4, -0.2) is 29.2 Å². The highest BCUT2D eigenvalue weighted by Gasteiger charge is 2.26. The third kappa shape index (κ3) is 3.79. The van der Waals surface area contributed by atoms with Gasteiger partial charge < -0.3 is 9.47 Å². The number of rotatable bonds is 7. The number of benzene rings is 2. The smallest absolute Gasteiger partial charge is 0.264 e. The molecule has 5 nitrogen and oxygen atoms in total. The van der Waals surface area contributed by atoms with Crippen LogP contribution in [0.3, 0.4) is 0 Å². The molecule has 0 aromatic heterocycles. The molecule has 0 heterocycles. The molecular weight excluding hydrogens is 338 g/mol. The molecule has 0 spiro atoms. The lowest BCUT2D eigenvalue weighted by molar-refractivity contribution is 0.354. The molecule has 0 unspecified atom stereocenters. The molecule has 0 aliphatic heterocycles. The maximum absolute atomic E-state index is 13.2. The van der Waals surface area contributed by atoms with Gasteiger partial charge in [0.15, 0.2) is 11.5 Å². The minimum atomic E-state index is -3.78. The fourth-order valence-corrected chi connectivity index (χ4v) is 4.15. The average molecular weight is 361 g/mol. The Morgan fingerprint density at radius 1 is 1.04 bits per heavy atom. The number of anilines is 1. The summed E-state index contributed by atoms with van der Waals surface area (Å²) in [5.74, 6) is 0.839. The Morgan fingerprint density at radius 3 is 2.28 bits per heavy atom. The predicted molar refractivity (Wildman–Crippen MR) is 100 cm³/mol. The fourth-order valence-electron chi connectivity index (χ4n) is 2.63. The van der Waals surface area contributed by atoms with Crippen LogP contribution in [-0.2, 0) is 10.0 Å². The number of sulfonamides is 1. The standard InChI is InChI=1S/C19H23NO4S/c1-6-11-20(17-9-7-14(2)12-15(17)3)25(21,22)16-8-10-18(23-4)19(13-16)24-5/h6-10,12-13H,1,11H2,2-5H3. The number of hydrogen-bond acceptors (Lipinski definition) is 4. The van der Waals surface area contributed by atoms with Crippen LogP contribution in [0.1, 0.15) is 11.1 Å². The van der Waals surface area contributed by atoms with Gasteiger partial charge in [-0.25, -0.2) is 8.42 Å². The summed E-state index contributed by atoms with van der Waals surface area (Å²) < 4.78 is 38.2. The van der Waals surface area contributed by atoms with E-state index >= 15 is 0 Å². The fraction of sp³-hybridized carbons (Fsp3) is 0.263. The molecule has 0 N–H and O–H groups in total. The third-order valence-corrected chi connectivity index (χ3v) is 5.63. The second-order valence-electron chi connectivity index (χ2n) is 5.63. The molecule has 0 saturated carbocycles. The van der Waals surface area contributed by atoms with Crippen molar-refractivity contribution in [1.29, 1.82) is 0 Å². The molecule has 0 aliphatic rings. The van der Waals surface area contributed by atoms with Gasteiger partial charge in [-0.1, -0.05) is 23.8 Å². The number of ether oxygens (including phenoxy) is 2. The van der Waals surface area contributed by atoms with Crippen molar-refractivity contribution in [3.8, 4) is 11.5 Å². The van der Waals surface area contributed by atoms with Crippen molar-refractivity contribution < 1.29 is 17.9 Å². The van der Waals surface area contributed by atoms with Crippen LogP contribution in [0.5, 0.6) is 11.5 Å². The summed E-state index contributed by atoms with van der Waals surface area (Å²) in [7, 11) is -0.805. The Labute approximate surface area is 149 Å². The molecule has 0 amide bonds. The third-order valence-electron chi connectivity index (χ3n) is 3.86. The molecule has 134 valence electrons. The van der Waals surface area contributed by atoms with E-state index < -0.39 is 10.0 Å². The lowest BCUT2D eigenvalue weighted by Gasteiger charge is -2.25. The van der Waals surface area contributed by atoms with Gasteiger partial charge in [0.25, 0.3) is 10.0 Å². The van der Waals surface area contributed by atoms with E-state index in [-0.39, 0.29) is 11.4 Å². The summed E-state index contributed by atoms with van der Waals surface area (Å²) in [4.78, 5) is 0.131. The lowest BCUT2D eigenvalue weighted by atomic mass is 10.1. The molecule has 6 heteroatoms. The van der Waals surface area contributed by atoms with Crippen molar-refractivity contribution in [2.75, 3.05) is 25.1 Å². The highest BCUT2D eigenvalue weighted by molar-refractivity contribution is 7.92. The molecule has 0 atom stereocenters. The Balaban J connectivity index is 2.58. The van der Waals surface area contributed by atoms with E-state index in [2.05, 4.69) is 6.58 Å². The second-order valence-corrected chi connectivity index (χ2v) is 7.49. The van der Waals surface area contributed by atoms with Crippen LogP contribution in [0.4, 0.5) is 5.69 Å². The highest BCUT2D eigenvalue weighted by atomic mass is 32.2. The molecule has 2 rings (SSSR count). The average Bonchev–Trinajstić information content (AvgIpc) is 2.59. The summed E-state index contributed by atoms with van der Waals surface area (Å²) in [6, 6.07) is 10.2. The van der Waals surface area contributed by atoms with E-state index in [4.69, 9.17) is 9.47 Å². The minimum Gasteiger partial charge on any atom is -0.493 e. The van der Waals surface area contributed by atoms with Crippen molar-refractivity contribution in [3.05, 3.63) is 60.2 Å². The van der Waals surface area contributed by atoms with Gasteiger partial charge >= 0.3 is 0 Å². The molecule has 0 fully saturated rings. The quantitative estimate of drug-likeness (QED) is 0.706. The molecule has 2 aromatic rings. The Hall–Kier alpha value is -2.47. The van der Waals surface area contributed by atoms with Crippen LogP contribution >= 0.6 is 0 Å². The highest BCUT2D eigenvalue weighted by Crippen LogP contribution is 2.33. The Bertz CT molecular complexity index is 875. The van der Waals surface area contributed by atoms with Crippen LogP contribution in [0.15, 0.2) is 53.9 Å². The summed E-state index contributed by atoms with van der Waals surface area (Å²) in [5, 5.41) is 0. The number of nitrogens with zero attached hydrogens (tertiary/aromatic N) is 1. The van der Waals surface area contributed by atoms with Gasteiger partial charge in [-0.3, -0.25) is 4.31 Å². The van der Waals surface area contributed by atoms with Crippen molar-refractivity contribution in [1.82, 2.24) is 0 Å². The summed E-state index contributed by atoms with van der Waals surface area (Å²) in [6.07, 6.45) is 1.57. The molecule has 0 aliphatic carbocycles. The van der Waals surface area contributed by atoms with Crippen LogP contribution in [0.25, 0.3) is 0 Å². The monoisotopic (exact) mass is 361 g/mol. The van der Waals surface area contributed by atoms with E-state index in [0.717, 1.165) is 11.1 Å². The van der Waals surface area contributed by atoms with Gasteiger partial charge in [-0.05, 0) is 37.6 Å². The Kier molecular flexibility index (Phi) is 5.74. The van der Waals surface area contributed by atoms with Gasteiger partial charge in [-0.15, -0.1) is 6.58 Å². The maximum Gasteiger partial charge on any atom is 0.264 e. The van der Waals surface area contributed by atoms with Gasteiger partial charge in [0.1, 0.15) is 0 Å².